The first-order valence-corrected chi connectivity index (χ1v) is 9.45. The number of benzene rings is 2. The Morgan fingerprint density at radius 1 is 0.903 bits per heavy atom. The summed E-state index contributed by atoms with van der Waals surface area (Å²) in [5.74, 6) is -0.147. The standard InChI is InChI=1S/C23H19N5O3/c1-31-21-14-18(7-10-20(21)27-23(30)17-4-2-11-24-15-17)26-22(29)16-5-8-19(9-6-16)28-13-3-12-25-28/h2-15H,1H3,(H,26,29)(H,27,30). The van der Waals surface area contributed by atoms with Gasteiger partial charge < -0.3 is 15.4 Å². The highest BCUT2D eigenvalue weighted by Gasteiger charge is 2.12. The van der Waals surface area contributed by atoms with E-state index >= 15 is 0 Å². The predicted octanol–water partition coefficient (Wildman–Crippen LogP) is 3.78. The number of nitrogens with one attached hydrogen (secondary N) is 2. The average Bonchev–Trinajstić information content (AvgIpc) is 3.35. The van der Waals surface area contributed by atoms with Crippen molar-refractivity contribution in [1.29, 1.82) is 0 Å². The Balaban J connectivity index is 1.46. The van der Waals surface area contributed by atoms with Crippen molar-refractivity contribution in [2.24, 2.45) is 0 Å². The SMILES string of the molecule is COc1cc(NC(=O)c2ccc(-n3cccn3)cc2)ccc1NC(=O)c1cccnc1. The van der Waals surface area contributed by atoms with Gasteiger partial charge in [-0.05, 0) is 54.6 Å². The van der Waals surface area contributed by atoms with Crippen LogP contribution in [-0.4, -0.2) is 33.7 Å². The lowest BCUT2D eigenvalue weighted by molar-refractivity contribution is 0.101. The number of hydrogen-bond donors (Lipinski definition) is 2. The first-order chi connectivity index (χ1) is 15.1. The summed E-state index contributed by atoms with van der Waals surface area (Å²) in [7, 11) is 1.49. The van der Waals surface area contributed by atoms with E-state index in [1.54, 1.807) is 59.5 Å². The second-order valence-electron chi connectivity index (χ2n) is 6.56. The maximum Gasteiger partial charge on any atom is 0.257 e. The predicted molar refractivity (Wildman–Crippen MR) is 117 cm³/mol. The monoisotopic (exact) mass is 413 g/mol. The summed E-state index contributed by atoms with van der Waals surface area (Å²) in [5.41, 5.74) is 2.82. The minimum Gasteiger partial charge on any atom is -0.494 e. The summed E-state index contributed by atoms with van der Waals surface area (Å²) in [4.78, 5) is 28.9. The van der Waals surface area contributed by atoms with Crippen molar-refractivity contribution in [3.63, 3.8) is 0 Å². The number of pyridine rings is 1. The lowest BCUT2D eigenvalue weighted by atomic mass is 10.2. The molecule has 31 heavy (non-hydrogen) atoms. The second kappa shape index (κ2) is 8.91. The van der Waals surface area contributed by atoms with Gasteiger partial charge in [-0.2, -0.15) is 5.10 Å². The Hall–Kier alpha value is -4.46. The van der Waals surface area contributed by atoms with Gasteiger partial charge >= 0.3 is 0 Å². The number of nitrogens with zero attached hydrogens (tertiary/aromatic N) is 3. The lowest BCUT2D eigenvalue weighted by Gasteiger charge is -2.13. The van der Waals surface area contributed by atoms with Gasteiger partial charge in [-0.15, -0.1) is 0 Å². The van der Waals surface area contributed by atoms with Gasteiger partial charge in [0.05, 0.1) is 24.0 Å². The van der Waals surface area contributed by atoms with Crippen LogP contribution in [0.4, 0.5) is 11.4 Å². The third-order valence-electron chi connectivity index (χ3n) is 4.53. The molecule has 0 aliphatic rings. The average molecular weight is 413 g/mol. The normalized spacial score (nSPS) is 10.4. The van der Waals surface area contributed by atoms with Crippen molar-refractivity contribution in [2.45, 2.75) is 0 Å². The maximum atomic E-state index is 12.6. The molecule has 2 amide bonds. The summed E-state index contributed by atoms with van der Waals surface area (Å²) in [6.45, 7) is 0. The number of carbonyl (C=O) groups excluding carboxylic acids is 2. The molecule has 0 saturated carbocycles. The van der Waals surface area contributed by atoms with Crippen LogP contribution < -0.4 is 15.4 Å². The van der Waals surface area contributed by atoms with Crippen LogP contribution in [0, 0.1) is 0 Å². The molecule has 0 saturated heterocycles. The van der Waals surface area contributed by atoms with Gasteiger partial charge in [0.15, 0.2) is 0 Å². The Morgan fingerprint density at radius 2 is 1.71 bits per heavy atom. The number of ether oxygens (including phenoxy) is 1. The van der Waals surface area contributed by atoms with Crippen molar-refractivity contribution < 1.29 is 14.3 Å². The highest BCUT2D eigenvalue weighted by Crippen LogP contribution is 2.28. The Labute approximate surface area is 178 Å². The Kier molecular flexibility index (Phi) is 5.70. The first kappa shape index (κ1) is 19.8. The molecule has 0 spiro atoms. The largest absolute Gasteiger partial charge is 0.494 e. The molecule has 2 aromatic carbocycles. The third-order valence-corrected chi connectivity index (χ3v) is 4.53. The van der Waals surface area contributed by atoms with Gasteiger partial charge in [-0.25, -0.2) is 4.68 Å². The molecule has 2 N–H and O–H groups in total. The minimum atomic E-state index is -0.305. The van der Waals surface area contributed by atoms with Crippen LogP contribution in [-0.2, 0) is 0 Å². The van der Waals surface area contributed by atoms with Gasteiger partial charge in [0.2, 0.25) is 0 Å². The molecule has 0 atom stereocenters. The van der Waals surface area contributed by atoms with E-state index in [2.05, 4.69) is 20.7 Å². The number of hydrogen-bond acceptors (Lipinski definition) is 5. The highest BCUT2D eigenvalue weighted by atomic mass is 16.5. The number of amides is 2. The van der Waals surface area contributed by atoms with E-state index in [9.17, 15) is 9.59 Å². The van der Waals surface area contributed by atoms with Crippen molar-refractivity contribution >= 4 is 23.2 Å². The van der Waals surface area contributed by atoms with E-state index in [4.69, 9.17) is 4.74 Å². The fourth-order valence-electron chi connectivity index (χ4n) is 2.95. The Morgan fingerprint density at radius 3 is 2.39 bits per heavy atom. The minimum absolute atomic E-state index is 0.263. The van der Waals surface area contributed by atoms with E-state index in [0.717, 1.165) is 5.69 Å². The number of aromatic nitrogens is 3. The summed E-state index contributed by atoms with van der Waals surface area (Å²) in [6.07, 6.45) is 6.60. The molecule has 4 rings (SSSR count). The van der Waals surface area contributed by atoms with E-state index in [-0.39, 0.29) is 11.8 Å². The molecule has 2 heterocycles. The first-order valence-electron chi connectivity index (χ1n) is 9.45. The molecule has 154 valence electrons. The molecule has 0 unspecified atom stereocenters. The molecular formula is C23H19N5O3. The van der Waals surface area contributed by atoms with Crippen LogP contribution >= 0.6 is 0 Å². The third kappa shape index (κ3) is 4.59. The topological polar surface area (TPSA) is 98.1 Å². The molecule has 0 bridgehead atoms. The molecule has 0 fully saturated rings. The lowest BCUT2D eigenvalue weighted by Crippen LogP contribution is -2.14. The van der Waals surface area contributed by atoms with Gasteiger partial charge in [0.25, 0.3) is 11.8 Å². The molecule has 0 aliphatic carbocycles. The quantitative estimate of drug-likeness (QED) is 0.501. The number of rotatable bonds is 6. The summed E-state index contributed by atoms with van der Waals surface area (Å²) < 4.78 is 7.09. The van der Waals surface area contributed by atoms with Gasteiger partial charge in [-0.1, -0.05) is 0 Å². The summed E-state index contributed by atoms with van der Waals surface area (Å²) in [5, 5.41) is 9.78. The zero-order valence-corrected chi connectivity index (χ0v) is 16.6. The van der Waals surface area contributed by atoms with Gasteiger partial charge in [-0.3, -0.25) is 14.6 Å². The highest BCUT2D eigenvalue weighted by molar-refractivity contribution is 6.06. The Bertz CT molecular complexity index is 1190. The molecule has 0 aliphatic heterocycles. The summed E-state index contributed by atoms with van der Waals surface area (Å²) >= 11 is 0. The van der Waals surface area contributed by atoms with E-state index < -0.39 is 0 Å². The number of methoxy groups -OCH3 is 1. The smallest absolute Gasteiger partial charge is 0.257 e. The van der Waals surface area contributed by atoms with Crippen LogP contribution in [0.5, 0.6) is 5.75 Å². The van der Waals surface area contributed by atoms with Crippen molar-refractivity contribution in [3.05, 3.63) is 96.6 Å². The molecular weight excluding hydrogens is 394 g/mol. The van der Waals surface area contributed by atoms with Crippen LogP contribution in [0.25, 0.3) is 5.69 Å². The van der Waals surface area contributed by atoms with E-state index in [0.29, 0.717) is 28.3 Å². The van der Waals surface area contributed by atoms with E-state index in [1.807, 2.05) is 24.4 Å². The van der Waals surface area contributed by atoms with Crippen molar-refractivity contribution in [1.82, 2.24) is 14.8 Å². The molecule has 4 aromatic rings. The fraction of sp³-hybridized carbons (Fsp3) is 0.0435. The van der Waals surface area contributed by atoms with Crippen LogP contribution in [0.2, 0.25) is 0 Å². The van der Waals surface area contributed by atoms with Crippen LogP contribution in [0.15, 0.2) is 85.5 Å². The summed E-state index contributed by atoms with van der Waals surface area (Å²) in [6, 6.07) is 17.3. The van der Waals surface area contributed by atoms with Crippen molar-refractivity contribution in [3.8, 4) is 11.4 Å². The zero-order chi connectivity index (χ0) is 21.6. The second-order valence-corrected chi connectivity index (χ2v) is 6.56. The molecule has 0 radical (unpaired) electrons. The van der Waals surface area contributed by atoms with Crippen LogP contribution in [0.1, 0.15) is 20.7 Å². The fourth-order valence-corrected chi connectivity index (χ4v) is 2.95. The number of anilines is 2. The zero-order valence-electron chi connectivity index (χ0n) is 16.6. The van der Waals surface area contributed by atoms with Gasteiger partial charge in [0, 0.05) is 42.1 Å². The molecule has 8 heteroatoms. The van der Waals surface area contributed by atoms with Crippen molar-refractivity contribution in [2.75, 3.05) is 17.7 Å². The molecule has 8 nitrogen and oxygen atoms in total. The molecule has 2 aromatic heterocycles. The van der Waals surface area contributed by atoms with E-state index in [1.165, 1.54) is 13.3 Å². The van der Waals surface area contributed by atoms with Crippen LogP contribution in [0.3, 0.4) is 0 Å². The van der Waals surface area contributed by atoms with Gasteiger partial charge in [0.1, 0.15) is 5.75 Å². The maximum absolute atomic E-state index is 12.6. The number of carbonyl (C=O) groups is 2.